The molecule has 2 atom stereocenters. The molecule has 0 bridgehead atoms. The van der Waals surface area contributed by atoms with Crippen LogP contribution in [0.2, 0.25) is 0 Å². The highest BCUT2D eigenvalue weighted by atomic mass is 19.4. The maximum atomic E-state index is 12.8. The average Bonchev–Trinajstić information content (AvgIpc) is 2.19. The zero-order valence-corrected chi connectivity index (χ0v) is 8.97. The van der Waals surface area contributed by atoms with Gasteiger partial charge < -0.3 is 10.0 Å². The van der Waals surface area contributed by atoms with Crippen LogP contribution in [0.5, 0.6) is 0 Å². The summed E-state index contributed by atoms with van der Waals surface area (Å²) in [6, 6.07) is 0. The third-order valence-electron chi connectivity index (χ3n) is 2.77. The molecule has 17 heavy (non-hydrogen) atoms. The molecule has 2 unspecified atom stereocenters. The first-order valence-corrected chi connectivity index (χ1v) is 4.99. The normalized spacial score (nSPS) is 27.1. The van der Waals surface area contributed by atoms with E-state index in [1.807, 2.05) is 0 Å². The lowest BCUT2D eigenvalue weighted by molar-refractivity contribution is -0.275. The summed E-state index contributed by atoms with van der Waals surface area (Å²) in [4.78, 5) is 11.5. The summed E-state index contributed by atoms with van der Waals surface area (Å²) in [5.41, 5.74) is 0. The van der Waals surface area contributed by atoms with Gasteiger partial charge in [-0.15, -0.1) is 0 Å². The SMILES string of the molecule is CC1CN(C(=O)C(F)(F)C(F)(F)F)CCC1O. The Balaban J connectivity index is 2.78. The number of aliphatic hydroxyl groups excluding tert-OH is 1. The fraction of sp³-hybridized carbons (Fsp3) is 0.889. The number of halogens is 5. The highest BCUT2D eigenvalue weighted by Crippen LogP contribution is 2.37. The first-order chi connectivity index (χ1) is 7.57. The maximum absolute atomic E-state index is 12.8. The monoisotopic (exact) mass is 261 g/mol. The van der Waals surface area contributed by atoms with E-state index in [0.29, 0.717) is 4.90 Å². The van der Waals surface area contributed by atoms with E-state index >= 15 is 0 Å². The quantitative estimate of drug-likeness (QED) is 0.725. The molecule has 8 heteroatoms. The molecule has 1 fully saturated rings. The first kappa shape index (κ1) is 14.1. The minimum atomic E-state index is -5.89. The van der Waals surface area contributed by atoms with Gasteiger partial charge in [-0.1, -0.05) is 6.92 Å². The molecule has 1 N–H and O–H groups in total. The van der Waals surface area contributed by atoms with E-state index in [4.69, 9.17) is 0 Å². The molecule has 1 amide bonds. The van der Waals surface area contributed by atoms with Crippen molar-refractivity contribution in [1.82, 2.24) is 4.90 Å². The summed E-state index contributed by atoms with van der Waals surface area (Å²) < 4.78 is 61.4. The van der Waals surface area contributed by atoms with Crippen molar-refractivity contribution in [3.63, 3.8) is 0 Å². The van der Waals surface area contributed by atoms with Crippen LogP contribution in [0, 0.1) is 5.92 Å². The summed E-state index contributed by atoms with van der Waals surface area (Å²) in [6.07, 6.45) is -6.66. The number of rotatable bonds is 1. The number of likely N-dealkylation sites (tertiary alicyclic amines) is 1. The van der Waals surface area contributed by atoms with Crippen LogP contribution in [0.1, 0.15) is 13.3 Å². The number of carbonyl (C=O) groups is 1. The van der Waals surface area contributed by atoms with Crippen molar-refractivity contribution in [3.05, 3.63) is 0 Å². The second-order valence-electron chi connectivity index (χ2n) is 4.16. The Morgan fingerprint density at radius 2 is 1.82 bits per heavy atom. The minimum absolute atomic E-state index is 0.000837. The van der Waals surface area contributed by atoms with Gasteiger partial charge in [0.1, 0.15) is 0 Å². The Kier molecular flexibility index (Phi) is 3.66. The van der Waals surface area contributed by atoms with Gasteiger partial charge in [0.2, 0.25) is 0 Å². The Hall–Kier alpha value is -0.920. The number of hydrogen-bond acceptors (Lipinski definition) is 2. The molecule has 0 aliphatic carbocycles. The number of carbonyl (C=O) groups excluding carboxylic acids is 1. The average molecular weight is 261 g/mol. The van der Waals surface area contributed by atoms with Crippen molar-refractivity contribution in [3.8, 4) is 0 Å². The minimum Gasteiger partial charge on any atom is -0.393 e. The van der Waals surface area contributed by atoms with Gasteiger partial charge in [-0.25, -0.2) is 0 Å². The van der Waals surface area contributed by atoms with E-state index in [0.717, 1.165) is 0 Å². The zero-order chi connectivity index (χ0) is 13.4. The second-order valence-corrected chi connectivity index (χ2v) is 4.16. The molecule has 3 nitrogen and oxygen atoms in total. The highest BCUT2D eigenvalue weighted by molar-refractivity contribution is 5.84. The van der Waals surface area contributed by atoms with Crippen molar-refractivity contribution >= 4 is 5.91 Å². The van der Waals surface area contributed by atoms with E-state index in [1.165, 1.54) is 6.92 Å². The van der Waals surface area contributed by atoms with E-state index in [9.17, 15) is 31.9 Å². The van der Waals surface area contributed by atoms with E-state index < -0.39 is 30.0 Å². The van der Waals surface area contributed by atoms with Crippen molar-refractivity contribution in [1.29, 1.82) is 0 Å². The molecule has 0 radical (unpaired) electrons. The van der Waals surface area contributed by atoms with Crippen LogP contribution in [0.25, 0.3) is 0 Å². The third-order valence-corrected chi connectivity index (χ3v) is 2.77. The largest absolute Gasteiger partial charge is 0.463 e. The zero-order valence-electron chi connectivity index (χ0n) is 8.97. The van der Waals surface area contributed by atoms with E-state index in [1.54, 1.807) is 0 Å². The Morgan fingerprint density at radius 3 is 2.24 bits per heavy atom. The lowest BCUT2D eigenvalue weighted by Crippen LogP contribution is -2.55. The highest BCUT2D eigenvalue weighted by Gasteiger charge is 2.64. The molecule has 1 heterocycles. The van der Waals surface area contributed by atoms with Crippen molar-refractivity contribution in [2.24, 2.45) is 5.92 Å². The van der Waals surface area contributed by atoms with Gasteiger partial charge in [0.05, 0.1) is 6.10 Å². The predicted octanol–water partition coefficient (Wildman–Crippen LogP) is 1.41. The molecule has 0 saturated carbocycles. The third kappa shape index (κ3) is 2.67. The van der Waals surface area contributed by atoms with Crippen LogP contribution in [-0.2, 0) is 4.79 Å². The second kappa shape index (κ2) is 4.40. The fourth-order valence-electron chi connectivity index (χ4n) is 1.64. The van der Waals surface area contributed by atoms with Crippen LogP contribution >= 0.6 is 0 Å². The molecule has 0 aromatic rings. The lowest BCUT2D eigenvalue weighted by atomic mass is 9.96. The maximum Gasteiger partial charge on any atom is 0.463 e. The van der Waals surface area contributed by atoms with Crippen LogP contribution in [0.15, 0.2) is 0 Å². The van der Waals surface area contributed by atoms with Gasteiger partial charge in [-0.2, -0.15) is 22.0 Å². The van der Waals surface area contributed by atoms with Crippen molar-refractivity contribution in [2.45, 2.75) is 31.5 Å². The number of nitrogens with zero attached hydrogens (tertiary/aromatic N) is 1. The molecule has 1 aliphatic rings. The lowest BCUT2D eigenvalue weighted by Gasteiger charge is -2.36. The summed E-state index contributed by atoms with van der Waals surface area (Å²) >= 11 is 0. The summed E-state index contributed by atoms with van der Waals surface area (Å²) in [7, 11) is 0. The number of aliphatic hydroxyl groups is 1. The smallest absolute Gasteiger partial charge is 0.393 e. The molecule has 1 aliphatic heterocycles. The van der Waals surface area contributed by atoms with Gasteiger partial charge in [0.25, 0.3) is 0 Å². The van der Waals surface area contributed by atoms with E-state index in [-0.39, 0.29) is 19.5 Å². The Labute approximate surface area is 94.2 Å². The summed E-state index contributed by atoms with van der Waals surface area (Å²) in [5.74, 6) is -8.13. The molecule has 100 valence electrons. The number of alkyl halides is 5. The fourth-order valence-corrected chi connectivity index (χ4v) is 1.64. The molecular weight excluding hydrogens is 249 g/mol. The molecule has 1 rings (SSSR count). The molecule has 0 aromatic heterocycles. The molecule has 0 aromatic carbocycles. The van der Waals surface area contributed by atoms with Crippen LogP contribution in [0.4, 0.5) is 22.0 Å². The number of hydrogen-bond donors (Lipinski definition) is 1. The first-order valence-electron chi connectivity index (χ1n) is 4.99. The standard InChI is InChI=1S/C9H12F5NO2/c1-5-4-15(3-2-6(5)16)7(17)8(10,11)9(12,13)14/h5-6,16H,2-4H2,1H3. The van der Waals surface area contributed by atoms with Crippen LogP contribution in [-0.4, -0.2) is 47.2 Å². The van der Waals surface area contributed by atoms with Crippen molar-refractivity contribution in [2.75, 3.05) is 13.1 Å². The Bertz CT molecular complexity index is 304. The molecular formula is C9H12F5NO2. The topological polar surface area (TPSA) is 40.5 Å². The molecule has 1 saturated heterocycles. The van der Waals surface area contributed by atoms with E-state index in [2.05, 4.69) is 0 Å². The Morgan fingerprint density at radius 1 is 1.29 bits per heavy atom. The van der Waals surface area contributed by atoms with Gasteiger partial charge in [-0.3, -0.25) is 4.79 Å². The van der Waals surface area contributed by atoms with Crippen LogP contribution < -0.4 is 0 Å². The van der Waals surface area contributed by atoms with Gasteiger partial charge in [0, 0.05) is 13.1 Å². The van der Waals surface area contributed by atoms with Gasteiger partial charge in [0.15, 0.2) is 0 Å². The van der Waals surface area contributed by atoms with Crippen molar-refractivity contribution < 1.29 is 31.9 Å². The van der Waals surface area contributed by atoms with Gasteiger partial charge >= 0.3 is 18.0 Å². The van der Waals surface area contributed by atoms with Crippen LogP contribution in [0.3, 0.4) is 0 Å². The molecule has 0 spiro atoms. The number of piperidine rings is 1. The van der Waals surface area contributed by atoms with Gasteiger partial charge in [-0.05, 0) is 12.3 Å². The predicted molar refractivity (Wildman–Crippen MR) is 47.4 cm³/mol. The summed E-state index contributed by atoms with van der Waals surface area (Å²) in [6.45, 7) is 0.886. The number of amides is 1. The summed E-state index contributed by atoms with van der Waals surface area (Å²) in [5, 5.41) is 9.29.